The SMILES string of the molecule is O=C(Nc1ccc(Cl)cc1)c1ccc2c3c(c(NC4(CO)CCC4)nc2c1)[S@](=O)CC3. The maximum atomic E-state index is 12.8. The molecule has 1 fully saturated rings. The van der Waals surface area contributed by atoms with Gasteiger partial charge in [0.05, 0.1) is 33.4 Å². The van der Waals surface area contributed by atoms with Crippen LogP contribution >= 0.6 is 11.6 Å². The molecule has 2 heterocycles. The lowest BCUT2D eigenvalue weighted by molar-refractivity contribution is 0.102. The molecule has 31 heavy (non-hydrogen) atoms. The lowest BCUT2D eigenvalue weighted by Gasteiger charge is -2.41. The summed E-state index contributed by atoms with van der Waals surface area (Å²) in [6.45, 7) is 0.0116. The lowest BCUT2D eigenvalue weighted by Crippen LogP contribution is -2.48. The third-order valence-electron chi connectivity index (χ3n) is 6.17. The van der Waals surface area contributed by atoms with Crippen molar-refractivity contribution >= 4 is 50.7 Å². The number of carbonyl (C=O) groups is 1. The van der Waals surface area contributed by atoms with Gasteiger partial charge in [-0.25, -0.2) is 4.98 Å². The molecule has 1 amide bonds. The minimum absolute atomic E-state index is 0.0116. The second-order valence-corrected chi connectivity index (χ2v) is 10.1. The van der Waals surface area contributed by atoms with E-state index >= 15 is 0 Å². The molecule has 6 nitrogen and oxygen atoms in total. The van der Waals surface area contributed by atoms with E-state index in [0.29, 0.717) is 39.8 Å². The number of aromatic nitrogens is 1. The number of nitrogens with one attached hydrogen (secondary N) is 2. The van der Waals surface area contributed by atoms with Gasteiger partial charge in [-0.05, 0) is 67.6 Å². The van der Waals surface area contributed by atoms with Crippen LogP contribution in [-0.4, -0.2) is 38.1 Å². The van der Waals surface area contributed by atoms with E-state index in [1.54, 1.807) is 36.4 Å². The molecule has 3 aromatic rings. The van der Waals surface area contributed by atoms with Gasteiger partial charge >= 0.3 is 0 Å². The molecule has 0 bridgehead atoms. The maximum absolute atomic E-state index is 12.8. The summed E-state index contributed by atoms with van der Waals surface area (Å²) >= 11 is 5.91. The Balaban J connectivity index is 1.52. The number of benzene rings is 2. The molecular weight excluding hydrogens is 434 g/mol. The summed E-state index contributed by atoms with van der Waals surface area (Å²) in [5, 5.41) is 17.7. The summed E-state index contributed by atoms with van der Waals surface area (Å²) in [7, 11) is -1.12. The van der Waals surface area contributed by atoms with Crippen LogP contribution in [0.4, 0.5) is 11.5 Å². The minimum atomic E-state index is -1.12. The van der Waals surface area contributed by atoms with E-state index in [-0.39, 0.29) is 12.5 Å². The van der Waals surface area contributed by atoms with Gasteiger partial charge in [-0.2, -0.15) is 0 Å². The fraction of sp³-hybridized carbons (Fsp3) is 0.304. The first kappa shape index (κ1) is 20.4. The molecular formula is C23H22ClN3O3S. The largest absolute Gasteiger partial charge is 0.394 e. The van der Waals surface area contributed by atoms with Crippen LogP contribution in [0.25, 0.3) is 10.9 Å². The Morgan fingerprint density at radius 2 is 1.97 bits per heavy atom. The number of aryl methyl sites for hydroxylation is 1. The third kappa shape index (κ3) is 3.71. The number of nitrogens with zero attached hydrogens (tertiary/aromatic N) is 1. The molecule has 5 rings (SSSR count). The van der Waals surface area contributed by atoms with Crippen LogP contribution in [0.15, 0.2) is 47.4 Å². The van der Waals surface area contributed by atoms with Gasteiger partial charge < -0.3 is 15.7 Å². The third-order valence-corrected chi connectivity index (χ3v) is 7.89. The molecule has 3 N–H and O–H groups in total. The first-order valence-electron chi connectivity index (χ1n) is 10.3. The number of amides is 1. The summed E-state index contributed by atoms with van der Waals surface area (Å²) in [5.74, 6) is 0.896. The van der Waals surface area contributed by atoms with Crippen LogP contribution < -0.4 is 10.6 Å². The van der Waals surface area contributed by atoms with E-state index < -0.39 is 16.3 Å². The zero-order valence-electron chi connectivity index (χ0n) is 16.8. The van der Waals surface area contributed by atoms with Gasteiger partial charge in [0.15, 0.2) is 0 Å². The summed E-state index contributed by atoms with van der Waals surface area (Å²) < 4.78 is 12.7. The highest BCUT2D eigenvalue weighted by Crippen LogP contribution is 2.40. The Labute approximate surface area is 187 Å². The number of hydrogen-bond donors (Lipinski definition) is 3. The van der Waals surface area contributed by atoms with Crippen LogP contribution in [0.1, 0.15) is 35.2 Å². The van der Waals surface area contributed by atoms with Crippen LogP contribution in [-0.2, 0) is 17.2 Å². The molecule has 8 heteroatoms. The van der Waals surface area contributed by atoms with Crippen molar-refractivity contribution in [1.29, 1.82) is 0 Å². The van der Waals surface area contributed by atoms with Crippen LogP contribution in [0, 0.1) is 0 Å². The number of rotatable bonds is 5. The predicted octanol–water partition coefficient (Wildman–Crippen LogP) is 4.13. The molecule has 2 aliphatic rings. The van der Waals surface area contributed by atoms with Crippen LogP contribution in [0.2, 0.25) is 5.02 Å². The van der Waals surface area contributed by atoms with Gasteiger partial charge in [0.25, 0.3) is 5.91 Å². The summed E-state index contributed by atoms with van der Waals surface area (Å²) in [6, 6.07) is 12.4. The molecule has 0 unspecified atom stereocenters. The summed E-state index contributed by atoms with van der Waals surface area (Å²) in [5.41, 5.74) is 2.44. The number of anilines is 2. The Morgan fingerprint density at radius 1 is 1.19 bits per heavy atom. The number of fused-ring (bicyclic) bond motifs is 3. The second-order valence-electron chi connectivity index (χ2n) is 8.18. The molecule has 1 aromatic heterocycles. The molecule has 0 radical (unpaired) electrons. The average Bonchev–Trinajstić information content (AvgIpc) is 3.14. The van der Waals surface area contributed by atoms with Crippen molar-refractivity contribution in [1.82, 2.24) is 4.98 Å². The number of hydrogen-bond acceptors (Lipinski definition) is 5. The Hall–Kier alpha value is -2.48. The van der Waals surface area contributed by atoms with E-state index in [4.69, 9.17) is 16.6 Å². The number of aliphatic hydroxyl groups is 1. The molecule has 160 valence electrons. The lowest BCUT2D eigenvalue weighted by atomic mass is 9.77. The van der Waals surface area contributed by atoms with Crippen LogP contribution in [0.5, 0.6) is 0 Å². The van der Waals surface area contributed by atoms with Gasteiger partial charge in [-0.1, -0.05) is 17.7 Å². The average molecular weight is 456 g/mol. The van der Waals surface area contributed by atoms with Crippen molar-refractivity contribution in [3.8, 4) is 0 Å². The Morgan fingerprint density at radius 3 is 2.65 bits per heavy atom. The minimum Gasteiger partial charge on any atom is -0.394 e. The van der Waals surface area contributed by atoms with Crippen molar-refractivity contribution in [3.05, 3.63) is 58.6 Å². The fourth-order valence-corrected chi connectivity index (χ4v) is 5.76. The highest BCUT2D eigenvalue weighted by Gasteiger charge is 2.38. The highest BCUT2D eigenvalue weighted by atomic mass is 35.5. The van der Waals surface area contributed by atoms with Gasteiger partial charge in [0.2, 0.25) is 0 Å². The fourth-order valence-electron chi connectivity index (χ4n) is 4.25. The zero-order valence-corrected chi connectivity index (χ0v) is 18.4. The molecule has 2 aromatic carbocycles. The van der Waals surface area contributed by atoms with E-state index in [9.17, 15) is 14.1 Å². The van der Waals surface area contributed by atoms with Crippen molar-refractivity contribution in [2.75, 3.05) is 23.0 Å². The number of aliphatic hydroxyl groups excluding tert-OH is 1. The number of carbonyl (C=O) groups excluding carboxylic acids is 1. The molecule has 1 atom stereocenters. The Kier molecular flexibility index (Phi) is 5.20. The predicted molar refractivity (Wildman–Crippen MR) is 123 cm³/mol. The van der Waals surface area contributed by atoms with E-state index in [0.717, 1.165) is 35.1 Å². The number of halogens is 1. The molecule has 1 aliphatic heterocycles. The molecule has 0 saturated heterocycles. The van der Waals surface area contributed by atoms with Gasteiger partial charge in [-0.15, -0.1) is 0 Å². The molecule has 1 saturated carbocycles. The summed E-state index contributed by atoms with van der Waals surface area (Å²) in [6.07, 6.45) is 3.46. The normalized spacial score (nSPS) is 19.0. The molecule has 0 spiro atoms. The Bertz CT molecular complexity index is 1200. The van der Waals surface area contributed by atoms with E-state index in [1.807, 2.05) is 6.07 Å². The summed E-state index contributed by atoms with van der Waals surface area (Å²) in [4.78, 5) is 18.3. The standard InChI is InChI=1S/C23H22ClN3O3S/c24-15-3-5-16(6-4-15)25-22(29)14-2-7-17-18-8-11-31(30)20(18)21(26-19(17)12-14)27-23(13-28)9-1-10-23/h2-7,12,28H,1,8-11,13H2,(H,25,29)(H,26,27)/t31-/m1/s1. The van der Waals surface area contributed by atoms with Gasteiger partial charge in [0.1, 0.15) is 5.82 Å². The quantitative estimate of drug-likeness (QED) is 0.538. The smallest absolute Gasteiger partial charge is 0.255 e. The maximum Gasteiger partial charge on any atom is 0.255 e. The van der Waals surface area contributed by atoms with Gasteiger partial charge in [-0.3, -0.25) is 9.00 Å². The van der Waals surface area contributed by atoms with Crippen molar-refractivity contribution in [2.24, 2.45) is 0 Å². The van der Waals surface area contributed by atoms with E-state index in [1.165, 1.54) is 0 Å². The second kappa shape index (κ2) is 7.89. The molecule has 1 aliphatic carbocycles. The first-order chi connectivity index (χ1) is 15.0. The highest BCUT2D eigenvalue weighted by molar-refractivity contribution is 7.85. The monoisotopic (exact) mass is 455 g/mol. The van der Waals surface area contributed by atoms with Crippen molar-refractivity contribution in [3.63, 3.8) is 0 Å². The van der Waals surface area contributed by atoms with Gasteiger partial charge in [0, 0.05) is 27.4 Å². The van der Waals surface area contributed by atoms with E-state index in [2.05, 4.69) is 10.6 Å². The van der Waals surface area contributed by atoms with Crippen molar-refractivity contribution < 1.29 is 14.1 Å². The first-order valence-corrected chi connectivity index (χ1v) is 12.0. The topological polar surface area (TPSA) is 91.3 Å². The van der Waals surface area contributed by atoms with Crippen LogP contribution in [0.3, 0.4) is 0 Å². The number of pyridine rings is 1. The zero-order chi connectivity index (χ0) is 21.6. The van der Waals surface area contributed by atoms with Crippen molar-refractivity contribution in [2.45, 2.75) is 36.1 Å².